The van der Waals surface area contributed by atoms with Crippen molar-refractivity contribution >= 4 is 12.0 Å². The number of alkyl carbamates (subject to hydrolysis) is 1. The summed E-state index contributed by atoms with van der Waals surface area (Å²) < 4.78 is 4.91. The Labute approximate surface area is 106 Å². The van der Waals surface area contributed by atoms with Gasteiger partial charge in [0.05, 0.1) is 6.54 Å². The Morgan fingerprint density at radius 2 is 1.94 bits per heavy atom. The number of amides is 2. The van der Waals surface area contributed by atoms with Crippen LogP contribution in [0.2, 0.25) is 0 Å². The topological polar surface area (TPSA) is 67.4 Å². The monoisotopic (exact) mass is 246 g/mol. The van der Waals surface area contributed by atoms with Gasteiger partial charge in [-0.3, -0.25) is 4.79 Å². The lowest BCUT2D eigenvalue weighted by Gasteiger charge is -2.06. The molecule has 5 heteroatoms. The second kappa shape index (κ2) is 7.74. The molecule has 0 aliphatic heterocycles. The Balaban J connectivity index is 2.18. The van der Waals surface area contributed by atoms with Crippen LogP contribution in [0, 0.1) is 12.3 Å². The van der Waals surface area contributed by atoms with Gasteiger partial charge in [0.15, 0.2) is 0 Å². The number of carbonyl (C=O) groups excluding carboxylic acids is 2. The average molecular weight is 246 g/mol. The quantitative estimate of drug-likeness (QED) is 0.750. The Hall–Kier alpha value is -2.48. The third-order valence-electron chi connectivity index (χ3n) is 1.99. The van der Waals surface area contributed by atoms with Crippen LogP contribution < -0.4 is 10.6 Å². The van der Waals surface area contributed by atoms with E-state index in [1.165, 1.54) is 0 Å². The van der Waals surface area contributed by atoms with Crippen molar-refractivity contribution in [3.8, 4) is 12.3 Å². The first-order chi connectivity index (χ1) is 8.72. The van der Waals surface area contributed by atoms with Crippen LogP contribution in [-0.2, 0) is 16.1 Å². The summed E-state index contributed by atoms with van der Waals surface area (Å²) in [5.74, 6) is 1.90. The third-order valence-corrected chi connectivity index (χ3v) is 1.99. The zero-order valence-corrected chi connectivity index (χ0v) is 9.81. The fourth-order valence-electron chi connectivity index (χ4n) is 1.14. The van der Waals surface area contributed by atoms with Crippen LogP contribution in [0.4, 0.5) is 4.79 Å². The number of rotatable bonds is 5. The van der Waals surface area contributed by atoms with E-state index in [4.69, 9.17) is 11.2 Å². The molecule has 0 aliphatic rings. The maximum Gasteiger partial charge on any atom is 0.407 e. The maximum absolute atomic E-state index is 11.2. The smallest absolute Gasteiger partial charge is 0.407 e. The van der Waals surface area contributed by atoms with Gasteiger partial charge in [-0.1, -0.05) is 36.3 Å². The van der Waals surface area contributed by atoms with E-state index in [-0.39, 0.29) is 25.6 Å². The molecule has 0 radical (unpaired) electrons. The fraction of sp³-hybridized carbons (Fsp3) is 0.231. The molecule has 94 valence electrons. The van der Waals surface area contributed by atoms with Crippen molar-refractivity contribution in [2.24, 2.45) is 0 Å². The van der Waals surface area contributed by atoms with Gasteiger partial charge in [-0.05, 0) is 5.56 Å². The Morgan fingerprint density at radius 3 is 2.61 bits per heavy atom. The van der Waals surface area contributed by atoms with Crippen molar-refractivity contribution in [2.75, 3.05) is 13.1 Å². The first-order valence-electron chi connectivity index (χ1n) is 5.37. The van der Waals surface area contributed by atoms with Gasteiger partial charge in [-0.2, -0.15) is 0 Å². The van der Waals surface area contributed by atoms with Crippen LogP contribution in [0.5, 0.6) is 0 Å². The molecule has 0 heterocycles. The first-order valence-corrected chi connectivity index (χ1v) is 5.37. The molecule has 1 rings (SSSR count). The van der Waals surface area contributed by atoms with E-state index >= 15 is 0 Å². The number of carbonyl (C=O) groups is 2. The van der Waals surface area contributed by atoms with Crippen LogP contribution >= 0.6 is 0 Å². The highest BCUT2D eigenvalue weighted by atomic mass is 16.5. The van der Waals surface area contributed by atoms with Crippen molar-refractivity contribution < 1.29 is 14.3 Å². The SMILES string of the molecule is C#CCNC(=O)CNC(=O)OCc1ccccc1. The molecule has 0 aromatic heterocycles. The Morgan fingerprint density at radius 1 is 1.22 bits per heavy atom. The molecule has 5 nitrogen and oxygen atoms in total. The molecule has 0 spiro atoms. The molecule has 2 N–H and O–H groups in total. The highest BCUT2D eigenvalue weighted by molar-refractivity contribution is 5.82. The van der Waals surface area contributed by atoms with Crippen molar-refractivity contribution in [3.63, 3.8) is 0 Å². The molecule has 0 fully saturated rings. The van der Waals surface area contributed by atoms with Crippen LogP contribution in [0.25, 0.3) is 0 Å². The summed E-state index contributed by atoms with van der Waals surface area (Å²) in [4.78, 5) is 22.3. The molecule has 0 unspecified atom stereocenters. The molecule has 0 saturated heterocycles. The second-order valence-corrected chi connectivity index (χ2v) is 3.40. The molecular formula is C13H14N2O3. The van der Waals surface area contributed by atoms with E-state index in [1.54, 1.807) is 0 Å². The van der Waals surface area contributed by atoms with Gasteiger partial charge in [-0.15, -0.1) is 6.42 Å². The zero-order chi connectivity index (χ0) is 13.2. The summed E-state index contributed by atoms with van der Waals surface area (Å²) in [6.45, 7) is 0.146. The number of hydrogen-bond acceptors (Lipinski definition) is 3. The molecule has 2 amide bonds. The zero-order valence-electron chi connectivity index (χ0n) is 9.81. The number of benzene rings is 1. The number of terminal acetylenes is 1. The van der Waals surface area contributed by atoms with Gasteiger partial charge in [0, 0.05) is 0 Å². The minimum Gasteiger partial charge on any atom is -0.445 e. The van der Waals surface area contributed by atoms with E-state index in [0.717, 1.165) is 5.56 Å². The molecule has 1 aromatic rings. The summed E-state index contributed by atoms with van der Waals surface area (Å²) in [7, 11) is 0. The number of hydrogen-bond donors (Lipinski definition) is 2. The van der Waals surface area contributed by atoms with Crippen LogP contribution in [-0.4, -0.2) is 25.1 Å². The lowest BCUT2D eigenvalue weighted by Crippen LogP contribution is -2.37. The average Bonchev–Trinajstić information content (AvgIpc) is 2.41. The summed E-state index contributed by atoms with van der Waals surface area (Å²) in [6.07, 6.45) is 4.32. The van der Waals surface area contributed by atoms with Crippen molar-refractivity contribution in [3.05, 3.63) is 35.9 Å². The Bertz CT molecular complexity index is 437. The predicted molar refractivity (Wildman–Crippen MR) is 66.5 cm³/mol. The largest absolute Gasteiger partial charge is 0.445 e. The van der Waals surface area contributed by atoms with E-state index in [9.17, 15) is 9.59 Å². The van der Waals surface area contributed by atoms with Gasteiger partial charge in [-0.25, -0.2) is 4.79 Å². The summed E-state index contributed by atoms with van der Waals surface area (Å²) >= 11 is 0. The molecule has 0 bridgehead atoms. The van der Waals surface area contributed by atoms with E-state index in [2.05, 4.69) is 16.6 Å². The molecule has 0 saturated carbocycles. The van der Waals surface area contributed by atoms with Gasteiger partial charge in [0.25, 0.3) is 0 Å². The molecule has 1 aromatic carbocycles. The number of ether oxygens (including phenoxy) is 1. The van der Waals surface area contributed by atoms with Crippen LogP contribution in [0.1, 0.15) is 5.56 Å². The van der Waals surface area contributed by atoms with Crippen molar-refractivity contribution in [2.45, 2.75) is 6.61 Å². The van der Waals surface area contributed by atoms with E-state index in [0.29, 0.717) is 0 Å². The van der Waals surface area contributed by atoms with Gasteiger partial charge >= 0.3 is 6.09 Å². The van der Waals surface area contributed by atoms with Gasteiger partial charge in [0.1, 0.15) is 13.2 Å². The van der Waals surface area contributed by atoms with Gasteiger partial charge in [0.2, 0.25) is 5.91 Å². The molecular weight excluding hydrogens is 232 g/mol. The normalized spacial score (nSPS) is 9.06. The van der Waals surface area contributed by atoms with E-state index < -0.39 is 6.09 Å². The minimum atomic E-state index is -0.644. The highest BCUT2D eigenvalue weighted by Gasteiger charge is 2.05. The van der Waals surface area contributed by atoms with Crippen LogP contribution in [0.3, 0.4) is 0 Å². The lowest BCUT2D eigenvalue weighted by molar-refractivity contribution is -0.119. The summed E-state index contributed by atoms with van der Waals surface area (Å²) in [5, 5.41) is 4.74. The van der Waals surface area contributed by atoms with Crippen molar-refractivity contribution in [1.82, 2.24) is 10.6 Å². The second-order valence-electron chi connectivity index (χ2n) is 3.40. The Kier molecular flexibility index (Phi) is 5.84. The lowest BCUT2D eigenvalue weighted by atomic mass is 10.2. The summed E-state index contributed by atoms with van der Waals surface area (Å²) in [6, 6.07) is 9.26. The van der Waals surface area contributed by atoms with Crippen LogP contribution in [0.15, 0.2) is 30.3 Å². The third kappa shape index (κ3) is 5.56. The van der Waals surface area contributed by atoms with Gasteiger partial charge < -0.3 is 15.4 Å². The standard InChI is InChI=1S/C13H14N2O3/c1-2-8-14-12(16)9-15-13(17)18-10-11-6-4-3-5-7-11/h1,3-7H,8-10H2,(H,14,16)(H,15,17). The highest BCUT2D eigenvalue weighted by Crippen LogP contribution is 2.00. The van der Waals surface area contributed by atoms with E-state index in [1.807, 2.05) is 30.3 Å². The maximum atomic E-state index is 11.2. The number of nitrogens with one attached hydrogen (secondary N) is 2. The first kappa shape index (κ1) is 13.6. The minimum absolute atomic E-state index is 0.138. The predicted octanol–water partition coefficient (Wildman–Crippen LogP) is 0.662. The molecule has 0 atom stereocenters. The van der Waals surface area contributed by atoms with Crippen molar-refractivity contribution in [1.29, 1.82) is 0 Å². The molecule has 0 aliphatic carbocycles. The molecule has 18 heavy (non-hydrogen) atoms. The summed E-state index contributed by atoms with van der Waals surface area (Å²) in [5.41, 5.74) is 0.879. The fourth-order valence-corrected chi connectivity index (χ4v) is 1.14.